The molecule has 0 saturated heterocycles. The molecule has 3 nitrogen and oxygen atoms in total. The highest BCUT2D eigenvalue weighted by molar-refractivity contribution is 6.45. The molecule has 2 rings (SSSR count). The highest BCUT2D eigenvalue weighted by atomic mass is 35.5. The highest BCUT2D eigenvalue weighted by Crippen LogP contribution is 2.16. The lowest BCUT2D eigenvalue weighted by atomic mass is 10.1. The molecule has 1 aromatic carbocycles. The minimum absolute atomic E-state index is 0.479. The van der Waals surface area contributed by atoms with E-state index in [0.717, 1.165) is 5.56 Å². The Labute approximate surface area is 79.9 Å². The second-order valence-electron chi connectivity index (χ2n) is 2.62. The first-order valence-electron chi connectivity index (χ1n) is 3.77. The summed E-state index contributed by atoms with van der Waals surface area (Å²) in [5.74, 6) is -0.513. The van der Waals surface area contributed by atoms with Gasteiger partial charge in [0.2, 0.25) is 0 Å². The number of nitrogens with zero attached hydrogens (tertiary/aromatic N) is 1. The Kier molecular flexibility index (Phi) is 2.02. The Morgan fingerprint density at radius 1 is 1.31 bits per heavy atom. The lowest BCUT2D eigenvalue weighted by Crippen LogP contribution is -2.18. The van der Waals surface area contributed by atoms with Gasteiger partial charge < -0.3 is 4.84 Å². The molecule has 4 heteroatoms. The van der Waals surface area contributed by atoms with Crippen LogP contribution in [-0.4, -0.2) is 17.1 Å². The van der Waals surface area contributed by atoms with Crippen molar-refractivity contribution in [1.82, 2.24) is 0 Å². The van der Waals surface area contributed by atoms with Gasteiger partial charge in [0, 0.05) is 5.56 Å². The van der Waals surface area contributed by atoms with Crippen LogP contribution in [0.2, 0.25) is 0 Å². The molecule has 0 saturated carbocycles. The van der Waals surface area contributed by atoms with Gasteiger partial charge in [0.1, 0.15) is 5.71 Å². The van der Waals surface area contributed by atoms with Crippen LogP contribution < -0.4 is 0 Å². The number of alkyl halides is 1. The quantitative estimate of drug-likeness (QED) is 0.504. The number of hydrogen-bond acceptors (Lipinski definition) is 3. The fourth-order valence-electron chi connectivity index (χ4n) is 1.11. The third kappa shape index (κ3) is 1.42. The van der Waals surface area contributed by atoms with Crippen LogP contribution >= 0.6 is 11.6 Å². The number of carbonyl (C=O) groups excluding carboxylic acids is 1. The van der Waals surface area contributed by atoms with E-state index < -0.39 is 11.3 Å². The number of oxime groups is 1. The molecule has 1 aromatic rings. The van der Waals surface area contributed by atoms with E-state index in [0.29, 0.717) is 5.71 Å². The minimum Gasteiger partial charge on any atom is -0.316 e. The zero-order valence-corrected chi connectivity index (χ0v) is 7.36. The summed E-state index contributed by atoms with van der Waals surface area (Å²) in [5.41, 5.74) is 1.29. The molecule has 0 spiro atoms. The summed E-state index contributed by atoms with van der Waals surface area (Å²) in [7, 11) is 0. The third-order valence-corrected chi connectivity index (χ3v) is 2.14. The summed E-state index contributed by atoms with van der Waals surface area (Å²) < 4.78 is 0. The van der Waals surface area contributed by atoms with Gasteiger partial charge in [-0.3, -0.25) is 0 Å². The van der Waals surface area contributed by atoms with Gasteiger partial charge in [0.05, 0.1) is 0 Å². The van der Waals surface area contributed by atoms with Gasteiger partial charge in [0.25, 0.3) is 0 Å². The van der Waals surface area contributed by atoms with E-state index in [9.17, 15) is 4.79 Å². The van der Waals surface area contributed by atoms with Gasteiger partial charge in [-0.2, -0.15) is 0 Å². The highest BCUT2D eigenvalue weighted by Gasteiger charge is 2.31. The van der Waals surface area contributed by atoms with Gasteiger partial charge in [-0.05, 0) is 0 Å². The molecule has 0 N–H and O–H groups in total. The molecular weight excluding hydrogens is 190 g/mol. The maximum absolute atomic E-state index is 10.9. The lowest BCUT2D eigenvalue weighted by molar-refractivity contribution is -0.139. The molecule has 0 aromatic heterocycles. The zero-order chi connectivity index (χ0) is 9.26. The predicted octanol–water partition coefficient (Wildman–Crippen LogP) is 1.55. The summed E-state index contributed by atoms with van der Waals surface area (Å²) >= 11 is 5.76. The SMILES string of the molecule is O=C1ON=C(c2ccccc2)C1Cl. The van der Waals surface area contributed by atoms with Crippen LogP contribution in [0.1, 0.15) is 5.56 Å². The Hall–Kier alpha value is -1.35. The standard InChI is InChI=1S/C9H6ClNO2/c10-7-8(11-13-9(7)12)6-4-2-1-3-5-6/h1-5,7H. The maximum atomic E-state index is 10.9. The number of benzene rings is 1. The molecule has 13 heavy (non-hydrogen) atoms. The van der Waals surface area contributed by atoms with Gasteiger partial charge >= 0.3 is 5.97 Å². The molecule has 1 heterocycles. The van der Waals surface area contributed by atoms with E-state index in [-0.39, 0.29) is 0 Å². The molecule has 0 aliphatic carbocycles. The summed E-state index contributed by atoms with van der Waals surface area (Å²) in [6.07, 6.45) is 0. The Balaban J connectivity index is 2.34. The smallest absolute Gasteiger partial charge is 0.316 e. The molecular formula is C9H6ClNO2. The van der Waals surface area contributed by atoms with Gasteiger partial charge in [0.15, 0.2) is 5.38 Å². The summed E-state index contributed by atoms with van der Waals surface area (Å²) in [4.78, 5) is 15.3. The van der Waals surface area contributed by atoms with Crippen LogP contribution in [0, 0.1) is 0 Å². The fourth-order valence-corrected chi connectivity index (χ4v) is 1.31. The van der Waals surface area contributed by atoms with E-state index in [1.54, 1.807) is 0 Å². The normalized spacial score (nSPS) is 21.2. The molecule has 1 aliphatic heterocycles. The lowest BCUT2D eigenvalue weighted by Gasteiger charge is -1.99. The molecule has 1 aliphatic rings. The fraction of sp³-hybridized carbons (Fsp3) is 0.111. The molecule has 1 atom stereocenters. The maximum Gasteiger partial charge on any atom is 0.358 e. The largest absolute Gasteiger partial charge is 0.358 e. The zero-order valence-electron chi connectivity index (χ0n) is 6.61. The van der Waals surface area contributed by atoms with Crippen molar-refractivity contribution in [2.45, 2.75) is 5.38 Å². The Bertz CT molecular complexity index is 361. The van der Waals surface area contributed by atoms with Crippen molar-refractivity contribution in [3.8, 4) is 0 Å². The minimum atomic E-state index is -0.776. The molecule has 66 valence electrons. The van der Waals surface area contributed by atoms with Crippen LogP contribution in [0.15, 0.2) is 35.5 Å². The first-order valence-corrected chi connectivity index (χ1v) is 4.21. The van der Waals surface area contributed by atoms with E-state index in [1.807, 2.05) is 30.3 Å². The summed E-state index contributed by atoms with van der Waals surface area (Å²) in [6, 6.07) is 9.24. The Morgan fingerprint density at radius 3 is 2.54 bits per heavy atom. The monoisotopic (exact) mass is 195 g/mol. The predicted molar refractivity (Wildman–Crippen MR) is 48.7 cm³/mol. The topological polar surface area (TPSA) is 38.7 Å². The average molecular weight is 196 g/mol. The van der Waals surface area contributed by atoms with Crippen molar-refractivity contribution in [2.75, 3.05) is 0 Å². The van der Waals surface area contributed by atoms with E-state index >= 15 is 0 Å². The summed E-state index contributed by atoms with van der Waals surface area (Å²) in [5, 5.41) is 2.83. The average Bonchev–Trinajstić information content (AvgIpc) is 2.49. The van der Waals surface area contributed by atoms with Gasteiger partial charge in [-0.15, -0.1) is 11.6 Å². The van der Waals surface area contributed by atoms with Crippen LogP contribution in [-0.2, 0) is 9.63 Å². The van der Waals surface area contributed by atoms with Crippen molar-refractivity contribution in [1.29, 1.82) is 0 Å². The summed E-state index contributed by atoms with van der Waals surface area (Å²) in [6.45, 7) is 0. The first-order chi connectivity index (χ1) is 6.29. The molecule has 0 radical (unpaired) electrons. The van der Waals surface area contributed by atoms with E-state index in [1.165, 1.54) is 0 Å². The first kappa shape index (κ1) is 8.26. The third-order valence-electron chi connectivity index (χ3n) is 1.75. The second kappa shape index (κ2) is 3.18. The van der Waals surface area contributed by atoms with Crippen molar-refractivity contribution in [3.63, 3.8) is 0 Å². The molecule has 0 fully saturated rings. The van der Waals surface area contributed by atoms with Crippen LogP contribution in [0.5, 0.6) is 0 Å². The van der Waals surface area contributed by atoms with Crippen molar-refractivity contribution < 1.29 is 9.63 Å². The molecule has 0 bridgehead atoms. The van der Waals surface area contributed by atoms with E-state index in [2.05, 4.69) is 9.99 Å². The van der Waals surface area contributed by atoms with Crippen LogP contribution in [0.4, 0.5) is 0 Å². The van der Waals surface area contributed by atoms with Crippen molar-refractivity contribution in [3.05, 3.63) is 35.9 Å². The van der Waals surface area contributed by atoms with Crippen LogP contribution in [0.25, 0.3) is 0 Å². The number of rotatable bonds is 1. The second-order valence-corrected chi connectivity index (χ2v) is 3.05. The number of halogens is 1. The van der Waals surface area contributed by atoms with Gasteiger partial charge in [-0.1, -0.05) is 35.5 Å². The molecule has 0 amide bonds. The number of carbonyl (C=O) groups is 1. The Morgan fingerprint density at radius 2 is 2.00 bits per heavy atom. The molecule has 1 unspecified atom stereocenters. The number of hydrogen-bond donors (Lipinski definition) is 0. The van der Waals surface area contributed by atoms with Gasteiger partial charge in [-0.25, -0.2) is 4.79 Å². The van der Waals surface area contributed by atoms with Crippen LogP contribution in [0.3, 0.4) is 0 Å². The van der Waals surface area contributed by atoms with E-state index in [4.69, 9.17) is 11.6 Å². The van der Waals surface area contributed by atoms with Crippen molar-refractivity contribution in [2.24, 2.45) is 5.16 Å². The van der Waals surface area contributed by atoms with Crippen molar-refractivity contribution >= 4 is 23.3 Å².